The number of thioether (sulfide) groups is 1. The Morgan fingerprint density at radius 2 is 2.19 bits per heavy atom. The summed E-state index contributed by atoms with van der Waals surface area (Å²) in [5, 5.41) is 0.473. The normalized spacial score (nSPS) is 20.5. The second-order valence-corrected chi connectivity index (χ2v) is 5.35. The Bertz CT molecular complexity index is 346. The molecule has 4 heteroatoms. The molecule has 2 unspecified atom stereocenters. The lowest BCUT2D eigenvalue weighted by Gasteiger charge is -2.26. The molecule has 0 bridgehead atoms. The van der Waals surface area contributed by atoms with E-state index in [1.165, 1.54) is 0 Å². The van der Waals surface area contributed by atoms with Gasteiger partial charge in [-0.25, -0.2) is 0 Å². The summed E-state index contributed by atoms with van der Waals surface area (Å²) in [6.07, 6.45) is 0.133. The molecule has 0 fully saturated rings. The summed E-state index contributed by atoms with van der Waals surface area (Å²) in [5.41, 5.74) is 5.57. The highest BCUT2D eigenvalue weighted by Gasteiger charge is 2.20. The number of hydrogen-bond acceptors (Lipinski definition) is 4. The molecule has 1 aliphatic rings. The molecule has 0 radical (unpaired) electrons. The van der Waals surface area contributed by atoms with Crippen LogP contribution in [0.15, 0.2) is 24.3 Å². The van der Waals surface area contributed by atoms with Gasteiger partial charge in [-0.05, 0) is 12.1 Å². The van der Waals surface area contributed by atoms with Crippen molar-refractivity contribution in [2.75, 3.05) is 18.9 Å². The molecule has 0 saturated heterocycles. The molecule has 0 aromatic heterocycles. The van der Waals surface area contributed by atoms with Gasteiger partial charge in [0, 0.05) is 17.5 Å². The van der Waals surface area contributed by atoms with Crippen LogP contribution in [-0.4, -0.2) is 30.3 Å². The highest BCUT2D eigenvalue weighted by Crippen LogP contribution is 2.31. The fourth-order valence-corrected chi connectivity index (χ4v) is 2.33. The van der Waals surface area contributed by atoms with E-state index in [-0.39, 0.29) is 6.10 Å². The zero-order chi connectivity index (χ0) is 11.4. The maximum atomic E-state index is 5.84. The predicted octanol–water partition coefficient (Wildman–Crippen LogP) is 1.91. The Hall–Kier alpha value is -0.870. The highest BCUT2D eigenvalue weighted by atomic mass is 32.2. The van der Waals surface area contributed by atoms with Crippen molar-refractivity contribution in [3.05, 3.63) is 24.3 Å². The van der Waals surface area contributed by atoms with Crippen LogP contribution < -0.4 is 15.2 Å². The average molecular weight is 239 g/mol. The van der Waals surface area contributed by atoms with Gasteiger partial charge >= 0.3 is 0 Å². The minimum Gasteiger partial charge on any atom is -0.486 e. The molecule has 2 atom stereocenters. The second kappa shape index (κ2) is 5.46. The Morgan fingerprint density at radius 3 is 2.94 bits per heavy atom. The van der Waals surface area contributed by atoms with Crippen LogP contribution in [0.1, 0.15) is 6.92 Å². The molecule has 88 valence electrons. The van der Waals surface area contributed by atoms with Gasteiger partial charge in [-0.1, -0.05) is 19.1 Å². The lowest BCUT2D eigenvalue weighted by molar-refractivity contribution is 0.107. The molecule has 0 saturated carbocycles. The summed E-state index contributed by atoms with van der Waals surface area (Å²) < 4.78 is 11.5. The Labute approximate surface area is 100 Å². The van der Waals surface area contributed by atoms with Crippen LogP contribution >= 0.6 is 11.8 Å². The van der Waals surface area contributed by atoms with Crippen LogP contribution in [0.3, 0.4) is 0 Å². The molecule has 16 heavy (non-hydrogen) atoms. The lowest BCUT2D eigenvalue weighted by atomic mass is 10.3. The van der Waals surface area contributed by atoms with Gasteiger partial charge in [0.2, 0.25) is 0 Å². The molecule has 1 aliphatic heterocycles. The topological polar surface area (TPSA) is 44.5 Å². The number of ether oxygens (including phenoxy) is 2. The minimum atomic E-state index is 0.133. The van der Waals surface area contributed by atoms with Crippen molar-refractivity contribution in [2.24, 2.45) is 5.73 Å². The third kappa shape index (κ3) is 2.83. The number of nitrogens with two attached hydrogens (primary N) is 1. The van der Waals surface area contributed by atoms with E-state index in [2.05, 4.69) is 6.92 Å². The highest BCUT2D eigenvalue weighted by molar-refractivity contribution is 7.99. The van der Waals surface area contributed by atoms with Gasteiger partial charge in [-0.2, -0.15) is 11.8 Å². The molecule has 1 heterocycles. The monoisotopic (exact) mass is 239 g/mol. The minimum absolute atomic E-state index is 0.133. The van der Waals surface area contributed by atoms with Crippen molar-refractivity contribution in [1.29, 1.82) is 0 Å². The van der Waals surface area contributed by atoms with E-state index in [0.717, 1.165) is 17.3 Å². The number of hydrogen-bond donors (Lipinski definition) is 1. The van der Waals surface area contributed by atoms with Gasteiger partial charge in [0.25, 0.3) is 0 Å². The van der Waals surface area contributed by atoms with Crippen LogP contribution in [0.4, 0.5) is 0 Å². The first-order chi connectivity index (χ1) is 7.79. The summed E-state index contributed by atoms with van der Waals surface area (Å²) in [6, 6.07) is 7.79. The first kappa shape index (κ1) is 11.6. The summed E-state index contributed by atoms with van der Waals surface area (Å²) in [4.78, 5) is 0. The third-order valence-corrected chi connectivity index (χ3v) is 3.79. The van der Waals surface area contributed by atoms with Crippen LogP contribution in [0.5, 0.6) is 11.5 Å². The molecule has 2 N–H and O–H groups in total. The van der Waals surface area contributed by atoms with E-state index in [1.807, 2.05) is 36.0 Å². The molecule has 2 rings (SSSR count). The Kier molecular flexibility index (Phi) is 3.96. The van der Waals surface area contributed by atoms with Crippen LogP contribution in [0.2, 0.25) is 0 Å². The lowest BCUT2D eigenvalue weighted by Crippen LogP contribution is -2.32. The van der Waals surface area contributed by atoms with E-state index in [9.17, 15) is 0 Å². The SMILES string of the molecule is CC(CN)SCC1COc2ccccc2O1. The van der Waals surface area contributed by atoms with E-state index in [1.54, 1.807) is 0 Å². The summed E-state index contributed by atoms with van der Waals surface area (Å²) in [7, 11) is 0. The summed E-state index contributed by atoms with van der Waals surface area (Å²) >= 11 is 1.83. The molecule has 0 amide bonds. The van der Waals surface area contributed by atoms with Gasteiger partial charge in [0.05, 0.1) is 0 Å². The van der Waals surface area contributed by atoms with E-state index < -0.39 is 0 Å². The Morgan fingerprint density at radius 1 is 1.44 bits per heavy atom. The standard InChI is InChI=1S/C12H17NO2S/c1-9(6-13)16-8-10-7-14-11-4-2-3-5-12(11)15-10/h2-5,9-10H,6-8,13H2,1H3. The van der Waals surface area contributed by atoms with E-state index >= 15 is 0 Å². The first-order valence-corrected chi connectivity index (χ1v) is 6.54. The predicted molar refractivity (Wildman–Crippen MR) is 67.3 cm³/mol. The number of fused-ring (bicyclic) bond motifs is 1. The molecule has 1 aromatic rings. The average Bonchev–Trinajstić information content (AvgIpc) is 2.35. The molecular formula is C12H17NO2S. The second-order valence-electron chi connectivity index (χ2n) is 3.88. The molecular weight excluding hydrogens is 222 g/mol. The smallest absolute Gasteiger partial charge is 0.161 e. The quantitative estimate of drug-likeness (QED) is 0.871. The number of benzene rings is 1. The Balaban J connectivity index is 1.88. The number of para-hydroxylation sites is 2. The van der Waals surface area contributed by atoms with Crippen molar-refractivity contribution in [1.82, 2.24) is 0 Å². The molecule has 0 aliphatic carbocycles. The molecule has 1 aromatic carbocycles. The zero-order valence-corrected chi connectivity index (χ0v) is 10.2. The largest absolute Gasteiger partial charge is 0.486 e. The van der Waals surface area contributed by atoms with E-state index in [0.29, 0.717) is 18.4 Å². The van der Waals surface area contributed by atoms with Crippen LogP contribution in [0, 0.1) is 0 Å². The summed E-state index contributed by atoms with van der Waals surface area (Å²) in [6.45, 7) is 3.46. The van der Waals surface area contributed by atoms with Gasteiger partial charge in [-0.3, -0.25) is 0 Å². The fourth-order valence-electron chi connectivity index (χ4n) is 1.48. The third-order valence-electron chi connectivity index (χ3n) is 2.47. The first-order valence-electron chi connectivity index (χ1n) is 5.49. The number of rotatable bonds is 4. The van der Waals surface area contributed by atoms with Crippen LogP contribution in [-0.2, 0) is 0 Å². The van der Waals surface area contributed by atoms with Gasteiger partial charge < -0.3 is 15.2 Å². The molecule has 3 nitrogen and oxygen atoms in total. The van der Waals surface area contributed by atoms with Crippen LogP contribution in [0.25, 0.3) is 0 Å². The zero-order valence-electron chi connectivity index (χ0n) is 9.39. The van der Waals surface area contributed by atoms with Crippen molar-refractivity contribution in [3.63, 3.8) is 0 Å². The maximum absolute atomic E-state index is 5.84. The van der Waals surface area contributed by atoms with Crippen molar-refractivity contribution in [3.8, 4) is 11.5 Å². The van der Waals surface area contributed by atoms with Crippen molar-refractivity contribution >= 4 is 11.8 Å². The van der Waals surface area contributed by atoms with Gasteiger partial charge in [-0.15, -0.1) is 0 Å². The van der Waals surface area contributed by atoms with Crippen molar-refractivity contribution < 1.29 is 9.47 Å². The van der Waals surface area contributed by atoms with Gasteiger partial charge in [0.1, 0.15) is 12.7 Å². The fraction of sp³-hybridized carbons (Fsp3) is 0.500. The van der Waals surface area contributed by atoms with Gasteiger partial charge in [0.15, 0.2) is 11.5 Å². The maximum Gasteiger partial charge on any atom is 0.161 e. The van der Waals surface area contributed by atoms with E-state index in [4.69, 9.17) is 15.2 Å². The van der Waals surface area contributed by atoms with Crippen molar-refractivity contribution in [2.45, 2.75) is 18.3 Å². The summed E-state index contributed by atoms with van der Waals surface area (Å²) in [5.74, 6) is 2.61. The molecule has 0 spiro atoms.